The van der Waals surface area contributed by atoms with Crippen molar-refractivity contribution >= 4 is 28.1 Å². The Morgan fingerprint density at radius 2 is 2.08 bits per heavy atom. The van der Waals surface area contributed by atoms with Gasteiger partial charge >= 0.3 is 0 Å². The summed E-state index contributed by atoms with van der Waals surface area (Å²) in [6.45, 7) is 1.76. The van der Waals surface area contributed by atoms with Gasteiger partial charge < -0.3 is 0 Å². The van der Waals surface area contributed by atoms with Gasteiger partial charge in [0.2, 0.25) is 0 Å². The van der Waals surface area contributed by atoms with E-state index in [9.17, 15) is 9.59 Å². The lowest BCUT2D eigenvalue weighted by Gasteiger charge is -2.00. The van der Waals surface area contributed by atoms with Crippen LogP contribution in [0.1, 0.15) is 21.6 Å². The van der Waals surface area contributed by atoms with E-state index in [-0.39, 0.29) is 5.56 Å². The third-order valence-electron chi connectivity index (χ3n) is 3.49. The molecule has 0 saturated carbocycles. The number of carbonyl (C=O) groups is 1. The van der Waals surface area contributed by atoms with Gasteiger partial charge in [-0.2, -0.15) is 5.10 Å². The van der Waals surface area contributed by atoms with Crippen LogP contribution in [0.5, 0.6) is 0 Å². The fourth-order valence-corrected chi connectivity index (χ4v) is 2.46. The first kappa shape index (κ1) is 16.8. The van der Waals surface area contributed by atoms with Crippen LogP contribution in [0.4, 0.5) is 0 Å². The maximum Gasteiger partial charge on any atom is 0.280 e. The number of hydrogen-bond donors (Lipinski definition) is 2. The molecule has 1 aromatic carbocycles. The van der Waals surface area contributed by atoms with Crippen molar-refractivity contribution in [1.82, 2.24) is 20.2 Å². The molecule has 0 spiro atoms. The molecule has 0 atom stereocenters. The maximum absolute atomic E-state index is 12.5. The number of nitrogens with zero attached hydrogens (tertiary/aromatic N) is 3. The van der Waals surface area contributed by atoms with Gasteiger partial charge in [0, 0.05) is 22.6 Å². The van der Waals surface area contributed by atoms with E-state index in [0.717, 1.165) is 4.47 Å². The van der Waals surface area contributed by atoms with Crippen LogP contribution in [0, 0.1) is 6.92 Å². The van der Waals surface area contributed by atoms with Crippen LogP contribution < -0.4 is 11.0 Å². The number of halogens is 1. The average molecular weight is 400 g/mol. The second kappa shape index (κ2) is 7.27. The Hall–Kier alpha value is -3.00. The van der Waals surface area contributed by atoms with Crippen LogP contribution in [0.25, 0.3) is 5.69 Å². The molecule has 25 heavy (non-hydrogen) atoms. The third kappa shape index (κ3) is 3.74. The number of amides is 1. The maximum atomic E-state index is 12.5. The minimum Gasteiger partial charge on any atom is -0.295 e. The second-order valence-electron chi connectivity index (χ2n) is 5.21. The number of carbonyl (C=O) groups excluding carboxylic acids is 1. The standard InChI is InChI=1S/C17H14BrN5O2/c1-11-15(10-20-21-16(24)12-3-2-8-19-9-12)17(25)23(22-11)14-6-4-13(18)5-7-14/h2-10,22H,1H3,(H,21,24). The molecule has 7 nitrogen and oxygen atoms in total. The number of aryl methyl sites for hydroxylation is 1. The van der Waals surface area contributed by atoms with Gasteiger partial charge in [-0.1, -0.05) is 15.9 Å². The number of pyridine rings is 1. The molecular formula is C17H14BrN5O2. The third-order valence-corrected chi connectivity index (χ3v) is 4.01. The highest BCUT2D eigenvalue weighted by atomic mass is 79.9. The van der Waals surface area contributed by atoms with Gasteiger partial charge in [-0.3, -0.25) is 19.7 Å². The molecule has 0 radical (unpaired) electrons. The molecule has 3 rings (SSSR count). The first-order valence-electron chi connectivity index (χ1n) is 7.37. The zero-order valence-electron chi connectivity index (χ0n) is 13.2. The zero-order chi connectivity index (χ0) is 17.8. The predicted octanol–water partition coefficient (Wildman–Crippen LogP) is 2.40. The van der Waals surface area contributed by atoms with E-state index in [4.69, 9.17) is 0 Å². The zero-order valence-corrected chi connectivity index (χ0v) is 14.8. The summed E-state index contributed by atoms with van der Waals surface area (Å²) in [5.41, 5.74) is 4.24. The van der Waals surface area contributed by atoms with Gasteiger partial charge in [0.25, 0.3) is 11.5 Å². The number of hydrazone groups is 1. The monoisotopic (exact) mass is 399 g/mol. The molecule has 8 heteroatoms. The van der Waals surface area contributed by atoms with Gasteiger partial charge in [0.15, 0.2) is 0 Å². The summed E-state index contributed by atoms with van der Waals surface area (Å²) in [5, 5.41) is 6.86. The Morgan fingerprint density at radius 3 is 2.76 bits per heavy atom. The number of H-pyrrole nitrogens is 1. The van der Waals surface area contributed by atoms with Crippen molar-refractivity contribution in [2.24, 2.45) is 5.10 Å². The molecule has 0 fully saturated rings. The van der Waals surface area contributed by atoms with E-state index in [1.165, 1.54) is 17.1 Å². The van der Waals surface area contributed by atoms with Crippen LogP contribution in [-0.4, -0.2) is 26.9 Å². The van der Waals surface area contributed by atoms with Crippen LogP contribution in [0.3, 0.4) is 0 Å². The Balaban J connectivity index is 1.80. The molecule has 2 aromatic heterocycles. The van der Waals surface area contributed by atoms with Crippen molar-refractivity contribution in [3.63, 3.8) is 0 Å². The molecule has 0 aliphatic carbocycles. The number of nitrogens with one attached hydrogen (secondary N) is 2. The molecule has 0 unspecified atom stereocenters. The predicted molar refractivity (Wildman–Crippen MR) is 98.1 cm³/mol. The molecule has 0 aliphatic heterocycles. The Kier molecular flexibility index (Phi) is 4.90. The van der Waals surface area contributed by atoms with Gasteiger partial charge in [-0.25, -0.2) is 10.1 Å². The lowest BCUT2D eigenvalue weighted by atomic mass is 10.3. The number of aromatic nitrogens is 3. The summed E-state index contributed by atoms with van der Waals surface area (Å²) in [6, 6.07) is 10.6. The summed E-state index contributed by atoms with van der Waals surface area (Å²) in [5.74, 6) is -0.397. The van der Waals surface area contributed by atoms with Crippen LogP contribution in [0.2, 0.25) is 0 Å². The lowest BCUT2D eigenvalue weighted by molar-refractivity contribution is 0.0955. The number of aromatic amines is 1. The quantitative estimate of drug-likeness (QED) is 0.521. The van der Waals surface area contributed by atoms with Crippen LogP contribution in [0.15, 0.2) is 63.2 Å². The van der Waals surface area contributed by atoms with Crippen molar-refractivity contribution in [1.29, 1.82) is 0 Å². The summed E-state index contributed by atoms with van der Waals surface area (Å²) in [7, 11) is 0. The average Bonchev–Trinajstić information content (AvgIpc) is 2.91. The van der Waals surface area contributed by atoms with Crippen molar-refractivity contribution in [3.05, 3.63) is 80.4 Å². The number of rotatable bonds is 4. The van der Waals surface area contributed by atoms with E-state index in [1.807, 2.05) is 24.3 Å². The molecule has 126 valence electrons. The fourth-order valence-electron chi connectivity index (χ4n) is 2.20. The van der Waals surface area contributed by atoms with Crippen molar-refractivity contribution < 1.29 is 4.79 Å². The topological polar surface area (TPSA) is 92.1 Å². The highest BCUT2D eigenvalue weighted by molar-refractivity contribution is 9.10. The fraction of sp³-hybridized carbons (Fsp3) is 0.0588. The lowest BCUT2D eigenvalue weighted by Crippen LogP contribution is -2.20. The Bertz CT molecular complexity index is 975. The minimum absolute atomic E-state index is 0.251. The smallest absolute Gasteiger partial charge is 0.280 e. The Labute approximate surface area is 151 Å². The summed E-state index contributed by atoms with van der Waals surface area (Å²) >= 11 is 3.36. The normalized spacial score (nSPS) is 11.0. The summed E-state index contributed by atoms with van der Waals surface area (Å²) in [6.07, 6.45) is 4.35. The highest BCUT2D eigenvalue weighted by Crippen LogP contribution is 2.13. The van der Waals surface area contributed by atoms with E-state index in [2.05, 4.69) is 36.5 Å². The SMILES string of the molecule is Cc1[nH]n(-c2ccc(Br)cc2)c(=O)c1C=NNC(=O)c1cccnc1. The molecule has 0 saturated heterocycles. The first-order chi connectivity index (χ1) is 12.1. The van der Waals surface area contributed by atoms with Crippen LogP contribution >= 0.6 is 15.9 Å². The van der Waals surface area contributed by atoms with Crippen molar-refractivity contribution in [2.75, 3.05) is 0 Å². The van der Waals surface area contributed by atoms with E-state index in [1.54, 1.807) is 25.3 Å². The second-order valence-corrected chi connectivity index (χ2v) is 6.12. The summed E-state index contributed by atoms with van der Waals surface area (Å²) in [4.78, 5) is 28.3. The first-order valence-corrected chi connectivity index (χ1v) is 8.16. The molecule has 3 aromatic rings. The van der Waals surface area contributed by atoms with E-state index in [0.29, 0.717) is 22.5 Å². The highest BCUT2D eigenvalue weighted by Gasteiger charge is 2.11. The molecular weight excluding hydrogens is 386 g/mol. The van der Waals surface area contributed by atoms with Crippen molar-refractivity contribution in [3.8, 4) is 5.69 Å². The number of benzene rings is 1. The van der Waals surface area contributed by atoms with Crippen LogP contribution in [-0.2, 0) is 0 Å². The molecule has 0 aliphatic rings. The Morgan fingerprint density at radius 1 is 1.32 bits per heavy atom. The van der Waals surface area contributed by atoms with Gasteiger partial charge in [0.1, 0.15) is 0 Å². The minimum atomic E-state index is -0.397. The van der Waals surface area contributed by atoms with Gasteiger partial charge in [-0.15, -0.1) is 0 Å². The van der Waals surface area contributed by atoms with E-state index < -0.39 is 5.91 Å². The largest absolute Gasteiger partial charge is 0.295 e. The molecule has 2 N–H and O–H groups in total. The van der Waals surface area contributed by atoms with Gasteiger partial charge in [-0.05, 0) is 43.3 Å². The van der Waals surface area contributed by atoms with Crippen molar-refractivity contribution in [2.45, 2.75) is 6.92 Å². The van der Waals surface area contributed by atoms with E-state index >= 15 is 0 Å². The molecule has 0 bridgehead atoms. The molecule has 1 amide bonds. The van der Waals surface area contributed by atoms with Gasteiger partial charge in [0.05, 0.1) is 23.0 Å². The summed E-state index contributed by atoms with van der Waals surface area (Å²) < 4.78 is 2.35. The molecule has 2 heterocycles. The number of hydrogen-bond acceptors (Lipinski definition) is 4.